The molecule has 0 fully saturated rings. The van der Waals surface area contributed by atoms with Gasteiger partial charge in [-0.1, -0.05) is 71.8 Å². The fraction of sp³-hybridized carbons (Fsp3) is 0.185. The zero-order valence-electron chi connectivity index (χ0n) is 18.6. The predicted molar refractivity (Wildman–Crippen MR) is 129 cm³/mol. The van der Waals surface area contributed by atoms with Gasteiger partial charge in [0.05, 0.1) is 11.3 Å². The molecule has 0 aromatic heterocycles. The first kappa shape index (κ1) is 21.8. The van der Waals surface area contributed by atoms with Gasteiger partial charge >= 0.3 is 0 Å². The van der Waals surface area contributed by atoms with Crippen molar-refractivity contribution in [3.8, 4) is 0 Å². The molecule has 162 valence electrons. The number of carbonyl (C=O) groups is 2. The summed E-state index contributed by atoms with van der Waals surface area (Å²) in [5.74, 6) is -0.680. The molecular weight excluding hydrogens is 420 g/mol. The number of imide groups is 1. The van der Waals surface area contributed by atoms with E-state index in [9.17, 15) is 9.59 Å². The van der Waals surface area contributed by atoms with Crippen LogP contribution in [-0.4, -0.2) is 23.8 Å². The Hall–Kier alpha value is -3.37. The van der Waals surface area contributed by atoms with E-state index >= 15 is 0 Å². The third-order valence-corrected chi connectivity index (χ3v) is 6.18. The molecule has 0 radical (unpaired) electrons. The maximum absolute atomic E-state index is 13.7. The molecule has 3 aromatic carbocycles. The number of hydrogen-bond acceptors (Lipinski definition) is 3. The number of carbonyl (C=O) groups excluding carboxylic acids is 2. The molecule has 1 aliphatic heterocycles. The minimum Gasteiger partial charge on any atom is -0.365 e. The Kier molecular flexibility index (Phi) is 5.90. The molecule has 0 spiro atoms. The summed E-state index contributed by atoms with van der Waals surface area (Å²) in [5, 5.41) is 0.516. The monoisotopic (exact) mass is 444 g/mol. The van der Waals surface area contributed by atoms with Crippen LogP contribution in [0.25, 0.3) is 5.57 Å². The quantitative estimate of drug-likeness (QED) is 0.475. The highest BCUT2D eigenvalue weighted by molar-refractivity contribution is 6.45. The number of benzene rings is 3. The molecule has 4 nitrogen and oxygen atoms in total. The average Bonchev–Trinajstić information content (AvgIpc) is 3.01. The van der Waals surface area contributed by atoms with Crippen molar-refractivity contribution >= 4 is 34.7 Å². The second-order valence-electron chi connectivity index (χ2n) is 8.26. The third kappa shape index (κ3) is 3.94. The molecule has 1 heterocycles. The highest BCUT2D eigenvalue weighted by Crippen LogP contribution is 2.37. The maximum Gasteiger partial charge on any atom is 0.282 e. The van der Waals surface area contributed by atoms with Gasteiger partial charge in [0.25, 0.3) is 11.8 Å². The lowest BCUT2D eigenvalue weighted by Gasteiger charge is -2.22. The molecule has 1 aliphatic rings. The SMILES string of the molecule is Cc1ccc(C2=C(N(C)Cc3ccccc3)C(=O)N(c3ccc(C)c(Cl)c3)C2=O)c(C)c1. The summed E-state index contributed by atoms with van der Waals surface area (Å²) in [7, 11) is 1.85. The fourth-order valence-corrected chi connectivity index (χ4v) is 4.28. The van der Waals surface area contributed by atoms with Gasteiger partial charge in [0.2, 0.25) is 0 Å². The minimum absolute atomic E-state index is 0.336. The van der Waals surface area contributed by atoms with E-state index < -0.39 is 0 Å². The molecule has 0 atom stereocenters. The number of nitrogens with zero attached hydrogens (tertiary/aromatic N) is 2. The molecule has 32 heavy (non-hydrogen) atoms. The molecular formula is C27H25ClN2O2. The summed E-state index contributed by atoms with van der Waals surface area (Å²) >= 11 is 6.32. The molecule has 0 aliphatic carbocycles. The Bertz CT molecular complexity index is 1250. The number of aryl methyl sites for hydroxylation is 3. The van der Waals surface area contributed by atoms with E-state index in [-0.39, 0.29) is 11.8 Å². The number of rotatable bonds is 5. The first-order valence-electron chi connectivity index (χ1n) is 10.5. The summed E-state index contributed by atoms with van der Waals surface area (Å²) < 4.78 is 0. The molecule has 2 amide bonds. The number of anilines is 1. The van der Waals surface area contributed by atoms with Crippen molar-refractivity contribution in [2.75, 3.05) is 11.9 Å². The zero-order valence-corrected chi connectivity index (χ0v) is 19.4. The van der Waals surface area contributed by atoms with E-state index in [1.165, 1.54) is 4.90 Å². The molecule has 0 N–H and O–H groups in total. The first-order valence-corrected chi connectivity index (χ1v) is 10.9. The number of likely N-dealkylation sites (N-methyl/N-ethyl adjacent to an activating group) is 1. The van der Waals surface area contributed by atoms with E-state index in [4.69, 9.17) is 11.6 Å². The second kappa shape index (κ2) is 8.64. The standard InChI is InChI=1S/C27H25ClN2O2/c1-17-10-13-22(19(3)14-17)24-25(29(4)16-20-8-6-5-7-9-20)27(32)30(26(24)31)21-12-11-18(2)23(28)15-21/h5-15H,16H2,1-4H3. The lowest BCUT2D eigenvalue weighted by Crippen LogP contribution is -2.34. The van der Waals surface area contributed by atoms with Crippen molar-refractivity contribution in [3.05, 3.63) is 105 Å². The normalized spacial score (nSPS) is 13.8. The van der Waals surface area contributed by atoms with Crippen LogP contribution < -0.4 is 4.90 Å². The average molecular weight is 445 g/mol. The topological polar surface area (TPSA) is 40.6 Å². The van der Waals surface area contributed by atoms with Crippen molar-refractivity contribution in [1.29, 1.82) is 0 Å². The maximum atomic E-state index is 13.7. The van der Waals surface area contributed by atoms with Crippen LogP contribution in [0, 0.1) is 20.8 Å². The molecule has 0 saturated carbocycles. The van der Waals surface area contributed by atoms with Gasteiger partial charge < -0.3 is 4.90 Å². The first-order chi connectivity index (χ1) is 15.3. The van der Waals surface area contributed by atoms with Gasteiger partial charge in [0, 0.05) is 18.6 Å². The van der Waals surface area contributed by atoms with Gasteiger partial charge in [-0.3, -0.25) is 9.59 Å². The van der Waals surface area contributed by atoms with Crippen molar-refractivity contribution in [2.45, 2.75) is 27.3 Å². The van der Waals surface area contributed by atoms with Crippen LogP contribution in [0.3, 0.4) is 0 Å². The summed E-state index contributed by atoms with van der Waals surface area (Å²) in [5.41, 5.74) is 6.05. The summed E-state index contributed by atoms with van der Waals surface area (Å²) in [6.07, 6.45) is 0. The van der Waals surface area contributed by atoms with Crippen molar-refractivity contribution < 1.29 is 9.59 Å². The van der Waals surface area contributed by atoms with Gasteiger partial charge in [-0.05, 0) is 55.2 Å². The van der Waals surface area contributed by atoms with Gasteiger partial charge in [-0.2, -0.15) is 0 Å². The Morgan fingerprint density at radius 1 is 0.844 bits per heavy atom. The largest absolute Gasteiger partial charge is 0.365 e. The van der Waals surface area contributed by atoms with Crippen LogP contribution in [0.5, 0.6) is 0 Å². The summed E-state index contributed by atoms with van der Waals surface area (Å²) in [4.78, 5) is 30.5. The Morgan fingerprint density at radius 2 is 1.56 bits per heavy atom. The smallest absolute Gasteiger partial charge is 0.282 e. The number of halogens is 1. The van der Waals surface area contributed by atoms with Crippen LogP contribution in [0.4, 0.5) is 5.69 Å². The van der Waals surface area contributed by atoms with E-state index in [1.54, 1.807) is 12.1 Å². The molecule has 4 rings (SSSR count). The van der Waals surface area contributed by atoms with E-state index in [0.29, 0.717) is 28.5 Å². The lowest BCUT2D eigenvalue weighted by molar-refractivity contribution is -0.120. The van der Waals surface area contributed by atoms with E-state index in [1.807, 2.05) is 87.3 Å². The van der Waals surface area contributed by atoms with Gasteiger partial charge in [-0.15, -0.1) is 0 Å². The van der Waals surface area contributed by atoms with Gasteiger partial charge in [0.15, 0.2) is 0 Å². The number of hydrogen-bond donors (Lipinski definition) is 0. The zero-order chi connectivity index (χ0) is 23.0. The number of amides is 2. The Balaban J connectivity index is 1.84. The second-order valence-corrected chi connectivity index (χ2v) is 8.67. The predicted octanol–water partition coefficient (Wildman–Crippen LogP) is 5.68. The van der Waals surface area contributed by atoms with Crippen LogP contribution in [0.2, 0.25) is 5.02 Å². The van der Waals surface area contributed by atoms with Crippen molar-refractivity contribution in [2.24, 2.45) is 0 Å². The molecule has 0 unspecified atom stereocenters. The van der Waals surface area contributed by atoms with E-state index in [0.717, 1.165) is 27.8 Å². The molecule has 0 bridgehead atoms. The highest BCUT2D eigenvalue weighted by atomic mass is 35.5. The van der Waals surface area contributed by atoms with E-state index in [2.05, 4.69) is 0 Å². The molecule has 5 heteroatoms. The van der Waals surface area contributed by atoms with Crippen LogP contribution in [-0.2, 0) is 16.1 Å². The fourth-order valence-electron chi connectivity index (χ4n) is 4.10. The molecule has 3 aromatic rings. The lowest BCUT2D eigenvalue weighted by atomic mass is 9.97. The Morgan fingerprint density at radius 3 is 2.22 bits per heavy atom. The van der Waals surface area contributed by atoms with Crippen LogP contribution in [0.1, 0.15) is 27.8 Å². The minimum atomic E-state index is -0.344. The van der Waals surface area contributed by atoms with Gasteiger partial charge in [0.1, 0.15) is 5.70 Å². The summed E-state index contributed by atoms with van der Waals surface area (Å²) in [6.45, 7) is 6.37. The summed E-state index contributed by atoms with van der Waals surface area (Å²) in [6, 6.07) is 21.1. The van der Waals surface area contributed by atoms with Gasteiger partial charge in [-0.25, -0.2) is 4.90 Å². The van der Waals surface area contributed by atoms with Crippen LogP contribution in [0.15, 0.2) is 72.4 Å². The van der Waals surface area contributed by atoms with Crippen LogP contribution >= 0.6 is 11.6 Å². The highest BCUT2D eigenvalue weighted by Gasteiger charge is 2.42. The third-order valence-electron chi connectivity index (χ3n) is 5.77. The Labute approximate surface area is 193 Å². The van der Waals surface area contributed by atoms with Crippen molar-refractivity contribution in [1.82, 2.24) is 4.90 Å². The molecule has 0 saturated heterocycles. The van der Waals surface area contributed by atoms with Crippen molar-refractivity contribution in [3.63, 3.8) is 0 Å².